The van der Waals surface area contributed by atoms with Crippen LogP contribution in [-0.2, 0) is 4.74 Å². The fraction of sp³-hybridized carbons (Fsp3) is 0.500. The molecule has 0 aromatic carbocycles. The van der Waals surface area contributed by atoms with E-state index in [1.807, 2.05) is 0 Å². The number of ether oxygens (including phenoxy) is 1. The lowest BCUT2D eigenvalue weighted by Crippen LogP contribution is -2.24. The molecule has 0 radical (unpaired) electrons. The Kier molecular flexibility index (Phi) is 3.02. The second-order valence-electron chi connectivity index (χ2n) is 4.24. The molecule has 3 N–H and O–H groups in total. The molecule has 0 amide bonds. The average molecular weight is 287 g/mol. The first kappa shape index (κ1) is 12.5. The van der Waals surface area contributed by atoms with Crippen molar-refractivity contribution in [3.63, 3.8) is 0 Å². The van der Waals surface area contributed by atoms with Crippen LogP contribution < -0.4 is 0 Å². The van der Waals surface area contributed by atoms with Gasteiger partial charge in [0.25, 0.3) is 0 Å². The Labute approximate surface area is 112 Å². The third-order valence-corrected chi connectivity index (χ3v) is 3.35. The first-order valence-electron chi connectivity index (χ1n) is 5.63. The van der Waals surface area contributed by atoms with Gasteiger partial charge in [-0.1, -0.05) is 0 Å². The van der Waals surface area contributed by atoms with Crippen molar-refractivity contribution in [3.05, 3.63) is 11.6 Å². The van der Waals surface area contributed by atoms with E-state index in [0.29, 0.717) is 5.65 Å². The number of halogens is 1. The molecule has 0 unspecified atom stereocenters. The lowest BCUT2D eigenvalue weighted by Gasteiger charge is -2.14. The molecule has 3 atom stereocenters. The van der Waals surface area contributed by atoms with E-state index in [9.17, 15) is 10.2 Å². The average Bonchev–Trinajstić information content (AvgIpc) is 2.90. The first-order chi connectivity index (χ1) is 9.11. The highest BCUT2D eigenvalue weighted by molar-refractivity contribution is 6.29. The second kappa shape index (κ2) is 4.57. The molecule has 2 aromatic rings. The summed E-state index contributed by atoms with van der Waals surface area (Å²) in [5.74, 6) is -0.275. The van der Waals surface area contributed by atoms with Gasteiger partial charge in [-0.25, -0.2) is 9.97 Å². The Balaban J connectivity index is 2.06. The van der Waals surface area contributed by atoms with Crippen LogP contribution in [0.5, 0.6) is 5.88 Å². The van der Waals surface area contributed by atoms with E-state index >= 15 is 0 Å². The zero-order valence-electron chi connectivity index (χ0n) is 9.64. The van der Waals surface area contributed by atoms with Gasteiger partial charge in [0.05, 0.1) is 12.7 Å². The maximum absolute atomic E-state index is 9.73. The Hall–Kier alpha value is -1.48. The van der Waals surface area contributed by atoms with Crippen molar-refractivity contribution in [1.29, 1.82) is 0 Å². The van der Waals surface area contributed by atoms with E-state index in [2.05, 4.69) is 15.0 Å². The number of hydrogen-bond donors (Lipinski definition) is 3. The van der Waals surface area contributed by atoms with Gasteiger partial charge in [0.2, 0.25) is 11.2 Å². The summed E-state index contributed by atoms with van der Waals surface area (Å²) in [6, 6.07) is 0. The van der Waals surface area contributed by atoms with Crippen molar-refractivity contribution in [2.75, 3.05) is 6.61 Å². The normalized spacial score (nSPS) is 27.2. The van der Waals surface area contributed by atoms with Gasteiger partial charge in [0.1, 0.15) is 18.7 Å². The minimum absolute atomic E-state index is 0.0709. The maximum atomic E-state index is 9.73. The molecule has 0 bridgehead atoms. The molecule has 1 aliphatic heterocycles. The highest BCUT2D eigenvalue weighted by Crippen LogP contribution is 2.34. The molecule has 2 aromatic heterocycles. The molecule has 0 saturated carbocycles. The molecule has 0 spiro atoms. The maximum Gasteiger partial charge on any atom is 0.242 e. The van der Waals surface area contributed by atoms with Gasteiger partial charge >= 0.3 is 0 Å². The summed E-state index contributed by atoms with van der Waals surface area (Å²) >= 11 is 6.01. The van der Waals surface area contributed by atoms with Crippen molar-refractivity contribution < 1.29 is 20.1 Å². The van der Waals surface area contributed by atoms with Crippen LogP contribution in [0.4, 0.5) is 0 Å². The van der Waals surface area contributed by atoms with E-state index in [4.69, 9.17) is 21.4 Å². The fourth-order valence-corrected chi connectivity index (χ4v) is 2.44. The minimum atomic E-state index is -0.793. The van der Waals surface area contributed by atoms with Gasteiger partial charge in [-0.05, 0) is 11.6 Å². The Morgan fingerprint density at radius 1 is 1.47 bits per heavy atom. The van der Waals surface area contributed by atoms with Gasteiger partial charge in [0.15, 0.2) is 11.2 Å². The predicted molar refractivity (Wildman–Crippen MR) is 63.6 cm³/mol. The van der Waals surface area contributed by atoms with Crippen LogP contribution in [-0.4, -0.2) is 53.7 Å². The number of aromatic hydroxyl groups is 1. The molecule has 102 valence electrons. The summed E-state index contributed by atoms with van der Waals surface area (Å²) in [4.78, 5) is 11.6. The molecule has 1 aliphatic rings. The predicted octanol–water partition coefficient (Wildman–Crippen LogP) is -0.174. The number of hydrogen-bond acceptors (Lipinski definition) is 7. The standard InChI is InChI=1S/C10H11ClN4O4/c11-10-14-7-8(12-3-13-9(7)18)15(10)6-1-4(17)5(2-16)19-6/h3-6,16-17H,1-2H2,(H,12,13,18)/t4-,5+,6-/m1/s1. The zero-order valence-corrected chi connectivity index (χ0v) is 10.4. The Bertz CT molecular complexity index is 619. The number of rotatable bonds is 2. The van der Waals surface area contributed by atoms with Crippen LogP contribution in [0, 0.1) is 0 Å². The van der Waals surface area contributed by atoms with E-state index in [0.717, 1.165) is 0 Å². The molecular formula is C10H11ClN4O4. The largest absolute Gasteiger partial charge is 0.492 e. The molecule has 9 heteroatoms. The number of fused-ring (bicyclic) bond motifs is 1. The molecule has 1 fully saturated rings. The fourth-order valence-electron chi connectivity index (χ4n) is 2.16. The molecule has 0 aliphatic carbocycles. The van der Waals surface area contributed by atoms with Gasteiger partial charge in [-0.3, -0.25) is 4.57 Å². The van der Waals surface area contributed by atoms with Crippen LogP contribution in [0.1, 0.15) is 12.6 Å². The Morgan fingerprint density at radius 2 is 2.26 bits per heavy atom. The third-order valence-electron chi connectivity index (χ3n) is 3.09. The minimum Gasteiger partial charge on any atom is -0.492 e. The van der Waals surface area contributed by atoms with Gasteiger partial charge < -0.3 is 20.1 Å². The number of aliphatic hydroxyl groups is 2. The molecular weight excluding hydrogens is 276 g/mol. The number of aromatic nitrogens is 4. The smallest absolute Gasteiger partial charge is 0.242 e. The number of nitrogens with zero attached hydrogens (tertiary/aromatic N) is 4. The quantitative estimate of drug-likeness (QED) is 0.657. The summed E-state index contributed by atoms with van der Waals surface area (Å²) in [5.41, 5.74) is 0.478. The van der Waals surface area contributed by atoms with Crippen molar-refractivity contribution in [2.45, 2.75) is 24.9 Å². The third kappa shape index (κ3) is 1.93. The van der Waals surface area contributed by atoms with E-state index < -0.39 is 18.4 Å². The van der Waals surface area contributed by atoms with Crippen molar-refractivity contribution in [3.8, 4) is 5.88 Å². The van der Waals surface area contributed by atoms with Crippen LogP contribution >= 0.6 is 11.6 Å². The summed E-state index contributed by atoms with van der Waals surface area (Å²) < 4.78 is 6.95. The highest BCUT2D eigenvalue weighted by Gasteiger charge is 2.36. The van der Waals surface area contributed by atoms with Gasteiger partial charge in [-0.2, -0.15) is 4.98 Å². The zero-order chi connectivity index (χ0) is 13.6. The SMILES string of the molecule is OC[C@@H]1O[C@@H](n2c(Cl)nc3c(O)ncnc32)C[C@H]1O. The van der Waals surface area contributed by atoms with Crippen molar-refractivity contribution >= 4 is 22.8 Å². The topological polar surface area (TPSA) is 114 Å². The summed E-state index contributed by atoms with van der Waals surface area (Å²) in [7, 11) is 0. The number of aliphatic hydroxyl groups excluding tert-OH is 2. The van der Waals surface area contributed by atoms with Crippen LogP contribution in [0.15, 0.2) is 6.33 Å². The van der Waals surface area contributed by atoms with Crippen LogP contribution in [0.25, 0.3) is 11.2 Å². The molecule has 19 heavy (non-hydrogen) atoms. The summed E-state index contributed by atoms with van der Waals surface area (Å²) in [6.07, 6.45) is -0.630. The van der Waals surface area contributed by atoms with E-state index in [-0.39, 0.29) is 29.7 Å². The van der Waals surface area contributed by atoms with Crippen LogP contribution in [0.3, 0.4) is 0 Å². The molecule has 8 nitrogen and oxygen atoms in total. The molecule has 3 rings (SSSR count). The second-order valence-corrected chi connectivity index (χ2v) is 4.57. The van der Waals surface area contributed by atoms with E-state index in [1.165, 1.54) is 10.9 Å². The lowest BCUT2D eigenvalue weighted by atomic mass is 10.2. The highest BCUT2D eigenvalue weighted by atomic mass is 35.5. The molecule has 1 saturated heterocycles. The van der Waals surface area contributed by atoms with Gasteiger partial charge in [-0.15, -0.1) is 0 Å². The summed E-state index contributed by atoms with van der Waals surface area (Å²) in [5, 5.41) is 28.5. The molecule has 3 heterocycles. The lowest BCUT2D eigenvalue weighted by molar-refractivity contribution is -0.0431. The van der Waals surface area contributed by atoms with Crippen molar-refractivity contribution in [2.24, 2.45) is 0 Å². The van der Waals surface area contributed by atoms with Gasteiger partial charge in [0, 0.05) is 6.42 Å². The van der Waals surface area contributed by atoms with E-state index in [1.54, 1.807) is 0 Å². The first-order valence-corrected chi connectivity index (χ1v) is 6.01. The Morgan fingerprint density at radius 3 is 2.95 bits per heavy atom. The monoisotopic (exact) mass is 286 g/mol. The number of imidazole rings is 1. The van der Waals surface area contributed by atoms with Crippen molar-refractivity contribution in [1.82, 2.24) is 19.5 Å². The summed E-state index contributed by atoms with van der Waals surface area (Å²) in [6.45, 7) is -0.290. The van der Waals surface area contributed by atoms with Crippen LogP contribution in [0.2, 0.25) is 5.28 Å².